The van der Waals surface area contributed by atoms with Gasteiger partial charge in [-0.05, 0) is 24.3 Å². The molecule has 0 radical (unpaired) electrons. The lowest BCUT2D eigenvalue weighted by atomic mass is 10.3. The zero-order valence-electron chi connectivity index (χ0n) is 7.21. The molecule has 0 unspecified atom stereocenters. The number of nitrogens with one attached hydrogen (secondary N) is 1. The van der Waals surface area contributed by atoms with E-state index in [4.69, 9.17) is 10.3 Å². The summed E-state index contributed by atoms with van der Waals surface area (Å²) in [5, 5.41) is 2.79. The maximum absolute atomic E-state index is 10.7. The Hall–Kier alpha value is -1.53. The summed E-state index contributed by atoms with van der Waals surface area (Å²) < 4.78 is 30.0. The molecule has 4 N–H and O–H groups in total. The Balaban J connectivity index is 2.89. The van der Waals surface area contributed by atoms with Crippen LogP contribution in [0.25, 0.3) is 0 Å². The maximum Gasteiger partial charge on any atom is 0.294 e. The molecule has 0 aliphatic carbocycles. The van der Waals surface area contributed by atoms with Crippen LogP contribution in [0.1, 0.15) is 0 Å². The van der Waals surface area contributed by atoms with Crippen LogP contribution in [0.4, 0.5) is 5.69 Å². The highest BCUT2D eigenvalue weighted by Gasteiger charge is 2.07. The summed E-state index contributed by atoms with van der Waals surface area (Å²) in [6.45, 7) is 0. The third-order valence-corrected chi connectivity index (χ3v) is 2.37. The topological polar surface area (TPSA) is 92.4 Å². The van der Waals surface area contributed by atoms with Gasteiger partial charge in [0.15, 0.2) is 0 Å². The van der Waals surface area contributed by atoms with Crippen LogP contribution in [0.15, 0.2) is 41.6 Å². The van der Waals surface area contributed by atoms with Gasteiger partial charge in [0.1, 0.15) is 0 Å². The van der Waals surface area contributed by atoms with Crippen LogP contribution in [-0.2, 0) is 10.1 Å². The van der Waals surface area contributed by atoms with Crippen molar-refractivity contribution in [1.29, 1.82) is 0 Å². The Morgan fingerprint density at radius 2 is 1.86 bits per heavy atom. The molecular formula is C8H10N2O3S. The molecule has 0 aliphatic rings. The van der Waals surface area contributed by atoms with Crippen molar-refractivity contribution in [3.63, 3.8) is 0 Å². The van der Waals surface area contributed by atoms with E-state index in [1.54, 1.807) is 0 Å². The zero-order chi connectivity index (χ0) is 10.6. The van der Waals surface area contributed by atoms with Crippen molar-refractivity contribution in [3.8, 4) is 0 Å². The molecule has 0 heterocycles. The van der Waals surface area contributed by atoms with Crippen LogP contribution in [0, 0.1) is 0 Å². The van der Waals surface area contributed by atoms with Gasteiger partial charge in [-0.15, -0.1) is 0 Å². The number of nitrogens with two attached hydrogens (primary N) is 1. The zero-order valence-corrected chi connectivity index (χ0v) is 8.03. The van der Waals surface area contributed by atoms with E-state index in [1.807, 2.05) is 0 Å². The van der Waals surface area contributed by atoms with Crippen molar-refractivity contribution in [3.05, 3.63) is 36.7 Å². The van der Waals surface area contributed by atoms with Crippen LogP contribution >= 0.6 is 0 Å². The highest BCUT2D eigenvalue weighted by Crippen LogP contribution is 2.13. The fraction of sp³-hybridized carbons (Fsp3) is 0. The van der Waals surface area contributed by atoms with Gasteiger partial charge in [0, 0.05) is 18.1 Å². The molecule has 6 heteroatoms. The highest BCUT2D eigenvalue weighted by molar-refractivity contribution is 7.85. The average Bonchev–Trinajstić information content (AvgIpc) is 2.14. The summed E-state index contributed by atoms with van der Waals surface area (Å²) >= 11 is 0. The van der Waals surface area contributed by atoms with Gasteiger partial charge in [-0.3, -0.25) is 4.55 Å². The van der Waals surface area contributed by atoms with Crippen molar-refractivity contribution < 1.29 is 13.0 Å². The maximum atomic E-state index is 10.7. The molecule has 0 atom stereocenters. The first-order chi connectivity index (χ1) is 6.54. The van der Waals surface area contributed by atoms with Crippen LogP contribution < -0.4 is 11.1 Å². The number of benzene rings is 1. The minimum atomic E-state index is -4.11. The lowest BCUT2D eigenvalue weighted by molar-refractivity contribution is 0.483. The van der Waals surface area contributed by atoms with Gasteiger partial charge >= 0.3 is 0 Å². The number of hydrogen-bond donors (Lipinski definition) is 3. The first-order valence-electron chi connectivity index (χ1n) is 3.75. The smallest absolute Gasteiger partial charge is 0.294 e. The van der Waals surface area contributed by atoms with Crippen molar-refractivity contribution in [1.82, 2.24) is 0 Å². The number of hydrogen-bond acceptors (Lipinski definition) is 4. The van der Waals surface area contributed by atoms with E-state index in [1.165, 1.54) is 36.7 Å². The lowest BCUT2D eigenvalue weighted by Gasteiger charge is -2.01. The molecule has 1 aromatic carbocycles. The molecule has 0 saturated carbocycles. The van der Waals surface area contributed by atoms with E-state index in [-0.39, 0.29) is 4.90 Å². The first-order valence-corrected chi connectivity index (χ1v) is 5.19. The molecular weight excluding hydrogens is 204 g/mol. The summed E-state index contributed by atoms with van der Waals surface area (Å²) in [6.07, 6.45) is 2.82. The first kappa shape index (κ1) is 10.6. The Kier molecular flexibility index (Phi) is 3.10. The van der Waals surface area contributed by atoms with Gasteiger partial charge in [0.05, 0.1) is 4.90 Å². The SMILES string of the molecule is NC=CNc1ccc(S(=O)(=O)O)cc1. The minimum Gasteiger partial charge on any atom is -0.403 e. The molecule has 0 fully saturated rings. The lowest BCUT2D eigenvalue weighted by Crippen LogP contribution is -1.98. The van der Waals surface area contributed by atoms with Crippen molar-refractivity contribution in [2.75, 3.05) is 5.32 Å². The Morgan fingerprint density at radius 3 is 2.29 bits per heavy atom. The number of rotatable bonds is 3. The standard InChI is InChI=1S/C8H10N2O3S/c9-5-6-10-7-1-3-8(4-2-7)14(11,12)13/h1-6,10H,9H2,(H,11,12,13). The van der Waals surface area contributed by atoms with E-state index in [2.05, 4.69) is 5.32 Å². The summed E-state index contributed by atoms with van der Waals surface area (Å²) in [5.74, 6) is 0. The van der Waals surface area contributed by atoms with Crippen LogP contribution in [0.5, 0.6) is 0 Å². The molecule has 0 spiro atoms. The van der Waals surface area contributed by atoms with Crippen molar-refractivity contribution in [2.24, 2.45) is 5.73 Å². The highest BCUT2D eigenvalue weighted by atomic mass is 32.2. The second-order valence-electron chi connectivity index (χ2n) is 2.50. The summed E-state index contributed by atoms with van der Waals surface area (Å²) in [5.41, 5.74) is 5.78. The van der Waals surface area contributed by atoms with Crippen molar-refractivity contribution in [2.45, 2.75) is 4.90 Å². The van der Waals surface area contributed by atoms with E-state index in [0.717, 1.165) is 0 Å². The largest absolute Gasteiger partial charge is 0.403 e. The molecule has 1 aromatic rings. The van der Waals surface area contributed by atoms with Gasteiger partial charge in [0.25, 0.3) is 10.1 Å². The molecule has 0 aromatic heterocycles. The average molecular weight is 214 g/mol. The van der Waals surface area contributed by atoms with E-state index in [9.17, 15) is 8.42 Å². The fourth-order valence-electron chi connectivity index (χ4n) is 0.867. The predicted octanol–water partition coefficient (Wildman–Crippen LogP) is 0.775. The number of anilines is 1. The minimum absolute atomic E-state index is 0.139. The molecule has 0 aliphatic heterocycles. The molecule has 0 saturated heterocycles. The second kappa shape index (κ2) is 4.12. The van der Waals surface area contributed by atoms with Gasteiger partial charge in [-0.25, -0.2) is 0 Å². The van der Waals surface area contributed by atoms with Crippen molar-refractivity contribution >= 4 is 15.8 Å². The summed E-state index contributed by atoms with van der Waals surface area (Å²) in [4.78, 5) is -0.139. The quantitative estimate of drug-likeness (QED) is 0.646. The molecule has 1 rings (SSSR count). The van der Waals surface area contributed by atoms with Crippen LogP contribution in [0.3, 0.4) is 0 Å². The molecule has 14 heavy (non-hydrogen) atoms. The molecule has 0 bridgehead atoms. The Labute approximate surface area is 82.0 Å². The van der Waals surface area contributed by atoms with Crippen LogP contribution in [-0.4, -0.2) is 13.0 Å². The normalized spacial score (nSPS) is 11.8. The monoisotopic (exact) mass is 214 g/mol. The Morgan fingerprint density at radius 1 is 1.29 bits per heavy atom. The third-order valence-electron chi connectivity index (χ3n) is 1.50. The fourth-order valence-corrected chi connectivity index (χ4v) is 1.35. The summed E-state index contributed by atoms with van der Waals surface area (Å²) in [6, 6.07) is 5.62. The van der Waals surface area contributed by atoms with Gasteiger partial charge in [-0.1, -0.05) is 0 Å². The molecule has 5 nitrogen and oxygen atoms in total. The molecule has 0 amide bonds. The van der Waals surface area contributed by atoms with Gasteiger partial charge in [-0.2, -0.15) is 8.42 Å². The summed E-state index contributed by atoms with van der Waals surface area (Å²) in [7, 11) is -4.11. The van der Waals surface area contributed by atoms with E-state index >= 15 is 0 Å². The van der Waals surface area contributed by atoms with E-state index < -0.39 is 10.1 Å². The molecule has 76 valence electrons. The second-order valence-corrected chi connectivity index (χ2v) is 3.92. The Bertz CT molecular complexity index is 422. The van der Waals surface area contributed by atoms with Gasteiger partial charge < -0.3 is 11.1 Å². The van der Waals surface area contributed by atoms with E-state index in [0.29, 0.717) is 5.69 Å². The predicted molar refractivity (Wildman–Crippen MR) is 53.2 cm³/mol. The van der Waals surface area contributed by atoms with Crippen LogP contribution in [0.2, 0.25) is 0 Å². The van der Waals surface area contributed by atoms with Gasteiger partial charge in [0.2, 0.25) is 0 Å². The third kappa shape index (κ3) is 2.75.